The number of piperazine rings is 1. The molecule has 0 N–H and O–H groups in total. The van der Waals surface area contributed by atoms with Gasteiger partial charge in [-0.15, -0.1) is 5.10 Å². The van der Waals surface area contributed by atoms with Crippen molar-refractivity contribution in [3.05, 3.63) is 58.5 Å². The lowest BCUT2D eigenvalue weighted by Crippen LogP contribution is -2.50. The van der Waals surface area contributed by atoms with Crippen molar-refractivity contribution in [3.63, 3.8) is 0 Å². The fourth-order valence-corrected chi connectivity index (χ4v) is 3.26. The summed E-state index contributed by atoms with van der Waals surface area (Å²) in [5.41, 5.74) is 0.693. The highest BCUT2D eigenvalue weighted by Crippen LogP contribution is 2.18. The molecule has 1 aliphatic rings. The molecule has 3 heterocycles. The maximum absolute atomic E-state index is 12.6. The largest absolute Gasteiger partial charge is 0.352 e. The van der Waals surface area contributed by atoms with E-state index in [0.29, 0.717) is 48.5 Å². The van der Waals surface area contributed by atoms with Crippen LogP contribution in [0.5, 0.6) is 0 Å². The molecule has 0 bridgehead atoms. The number of anilines is 1. The summed E-state index contributed by atoms with van der Waals surface area (Å²) in [5.74, 6) is 0.446. The molecule has 1 saturated heterocycles. The zero-order valence-corrected chi connectivity index (χ0v) is 15.0. The third-order valence-corrected chi connectivity index (χ3v) is 4.75. The molecule has 0 radical (unpaired) electrons. The summed E-state index contributed by atoms with van der Waals surface area (Å²) in [6.07, 6.45) is 1.65. The van der Waals surface area contributed by atoms with Crippen LogP contribution in [0.25, 0.3) is 10.9 Å². The molecule has 4 rings (SSSR count). The summed E-state index contributed by atoms with van der Waals surface area (Å²) >= 11 is 0. The van der Waals surface area contributed by atoms with Crippen LogP contribution in [0.1, 0.15) is 5.56 Å². The van der Waals surface area contributed by atoms with Gasteiger partial charge in [0.05, 0.1) is 10.9 Å². The molecule has 0 saturated carbocycles. The first-order valence-electron chi connectivity index (χ1n) is 8.88. The van der Waals surface area contributed by atoms with Crippen molar-refractivity contribution >= 4 is 22.6 Å². The molecule has 0 unspecified atom stereocenters. The van der Waals surface area contributed by atoms with Crippen molar-refractivity contribution in [1.82, 2.24) is 24.9 Å². The van der Waals surface area contributed by atoms with Crippen LogP contribution in [-0.2, 0) is 11.3 Å². The van der Waals surface area contributed by atoms with Gasteiger partial charge >= 0.3 is 0 Å². The Morgan fingerprint density at radius 3 is 2.68 bits per heavy atom. The Labute approximate surface area is 160 Å². The van der Waals surface area contributed by atoms with Crippen LogP contribution in [0.3, 0.4) is 0 Å². The van der Waals surface area contributed by atoms with Gasteiger partial charge in [0.25, 0.3) is 5.56 Å². The smallest absolute Gasteiger partial charge is 0.278 e. The van der Waals surface area contributed by atoms with Crippen LogP contribution in [0.2, 0.25) is 0 Å². The molecule has 1 fully saturated rings. The summed E-state index contributed by atoms with van der Waals surface area (Å²) in [7, 11) is 0. The molecular weight excluding hydrogens is 358 g/mol. The minimum Gasteiger partial charge on any atom is -0.352 e. The quantitative estimate of drug-likeness (QED) is 0.652. The number of nitriles is 1. The number of hydrogen-bond acceptors (Lipinski definition) is 7. The molecular formula is C19H17N7O2. The summed E-state index contributed by atoms with van der Waals surface area (Å²) in [6.45, 7) is 1.95. The van der Waals surface area contributed by atoms with Crippen LogP contribution in [0, 0.1) is 11.3 Å². The second-order valence-corrected chi connectivity index (χ2v) is 6.42. The number of carbonyl (C=O) groups is 1. The fourth-order valence-electron chi connectivity index (χ4n) is 3.26. The van der Waals surface area contributed by atoms with Gasteiger partial charge in [-0.3, -0.25) is 9.59 Å². The Balaban J connectivity index is 1.44. The topological polar surface area (TPSA) is 108 Å². The van der Waals surface area contributed by atoms with E-state index in [2.05, 4.69) is 21.4 Å². The van der Waals surface area contributed by atoms with Gasteiger partial charge in [-0.05, 0) is 24.3 Å². The Bertz CT molecular complexity index is 1130. The molecule has 0 aliphatic carbocycles. The van der Waals surface area contributed by atoms with Crippen LogP contribution >= 0.6 is 0 Å². The predicted octanol–water partition coefficient (Wildman–Crippen LogP) is 0.407. The number of pyridine rings is 1. The lowest BCUT2D eigenvalue weighted by molar-refractivity contribution is -0.132. The van der Waals surface area contributed by atoms with E-state index >= 15 is 0 Å². The minimum absolute atomic E-state index is 0.149. The van der Waals surface area contributed by atoms with Gasteiger partial charge in [0.2, 0.25) is 5.91 Å². The van der Waals surface area contributed by atoms with Crippen molar-refractivity contribution in [2.45, 2.75) is 6.54 Å². The summed E-state index contributed by atoms with van der Waals surface area (Å²) in [4.78, 5) is 33.1. The number of carbonyl (C=O) groups excluding carboxylic acids is 1. The highest BCUT2D eigenvalue weighted by atomic mass is 16.2. The average Bonchev–Trinajstić information content (AvgIpc) is 2.76. The molecule has 9 heteroatoms. The van der Waals surface area contributed by atoms with Gasteiger partial charge in [-0.2, -0.15) is 5.26 Å². The number of rotatable bonds is 3. The fraction of sp³-hybridized carbons (Fsp3) is 0.263. The predicted molar refractivity (Wildman–Crippen MR) is 102 cm³/mol. The highest BCUT2D eigenvalue weighted by Gasteiger charge is 2.24. The standard InChI is InChI=1S/C19H17N7O2/c20-12-14-4-3-7-21-18(14)25-10-8-24(9-11-25)17(27)13-26-19(28)15-5-1-2-6-16(15)22-23-26/h1-7H,8-11,13H2. The van der Waals surface area contributed by atoms with E-state index in [9.17, 15) is 14.9 Å². The highest BCUT2D eigenvalue weighted by molar-refractivity contribution is 5.78. The van der Waals surface area contributed by atoms with Gasteiger partial charge in [0.1, 0.15) is 23.9 Å². The number of hydrogen-bond donors (Lipinski definition) is 0. The van der Waals surface area contributed by atoms with E-state index in [1.165, 1.54) is 0 Å². The normalized spacial score (nSPS) is 14.1. The maximum atomic E-state index is 12.6. The van der Waals surface area contributed by atoms with Crippen LogP contribution in [-0.4, -0.2) is 57.0 Å². The van der Waals surface area contributed by atoms with E-state index in [-0.39, 0.29) is 18.0 Å². The number of benzene rings is 1. The molecule has 0 spiro atoms. The van der Waals surface area contributed by atoms with Crippen molar-refractivity contribution in [3.8, 4) is 6.07 Å². The molecule has 1 aromatic carbocycles. The Kier molecular flexibility index (Phi) is 4.68. The number of aromatic nitrogens is 4. The van der Waals surface area contributed by atoms with Gasteiger partial charge in [-0.25, -0.2) is 9.67 Å². The first kappa shape index (κ1) is 17.6. The SMILES string of the molecule is N#Cc1cccnc1N1CCN(C(=O)Cn2nnc3ccccc3c2=O)CC1. The second-order valence-electron chi connectivity index (χ2n) is 6.42. The zero-order chi connectivity index (χ0) is 19.5. The average molecular weight is 375 g/mol. The molecule has 1 aliphatic heterocycles. The van der Waals surface area contributed by atoms with Gasteiger partial charge in [0, 0.05) is 32.4 Å². The van der Waals surface area contributed by atoms with Crippen molar-refractivity contribution < 1.29 is 4.79 Å². The number of fused-ring (bicyclic) bond motifs is 1. The van der Waals surface area contributed by atoms with Gasteiger partial charge in [-0.1, -0.05) is 17.3 Å². The lowest BCUT2D eigenvalue weighted by atomic mass is 10.2. The zero-order valence-electron chi connectivity index (χ0n) is 15.0. The Hall–Kier alpha value is -3.80. The van der Waals surface area contributed by atoms with Crippen LogP contribution in [0.15, 0.2) is 47.4 Å². The van der Waals surface area contributed by atoms with Crippen molar-refractivity contribution in [2.75, 3.05) is 31.1 Å². The third-order valence-electron chi connectivity index (χ3n) is 4.75. The summed E-state index contributed by atoms with van der Waals surface area (Å²) < 4.78 is 1.10. The maximum Gasteiger partial charge on any atom is 0.278 e. The van der Waals surface area contributed by atoms with E-state index in [0.717, 1.165) is 4.68 Å². The molecule has 0 atom stereocenters. The third kappa shape index (κ3) is 3.27. The van der Waals surface area contributed by atoms with Crippen molar-refractivity contribution in [1.29, 1.82) is 5.26 Å². The van der Waals surface area contributed by atoms with E-state index in [1.54, 1.807) is 47.5 Å². The molecule has 3 aromatic rings. The molecule has 9 nitrogen and oxygen atoms in total. The number of amides is 1. The van der Waals surface area contributed by atoms with E-state index < -0.39 is 0 Å². The summed E-state index contributed by atoms with van der Waals surface area (Å²) in [6, 6.07) is 12.5. The molecule has 2 aromatic heterocycles. The van der Waals surface area contributed by atoms with E-state index in [1.807, 2.05) is 4.90 Å². The van der Waals surface area contributed by atoms with Crippen LogP contribution < -0.4 is 10.5 Å². The molecule has 28 heavy (non-hydrogen) atoms. The molecule has 140 valence electrons. The van der Waals surface area contributed by atoms with Crippen molar-refractivity contribution in [2.24, 2.45) is 0 Å². The minimum atomic E-state index is -0.329. The monoisotopic (exact) mass is 375 g/mol. The summed E-state index contributed by atoms with van der Waals surface area (Å²) in [5, 5.41) is 17.6. The first-order chi connectivity index (χ1) is 13.7. The van der Waals surface area contributed by atoms with Gasteiger partial charge in [0.15, 0.2) is 0 Å². The Morgan fingerprint density at radius 2 is 1.89 bits per heavy atom. The Morgan fingerprint density at radius 1 is 1.11 bits per heavy atom. The number of nitrogens with zero attached hydrogens (tertiary/aromatic N) is 7. The van der Waals surface area contributed by atoms with Crippen LogP contribution in [0.4, 0.5) is 5.82 Å². The van der Waals surface area contributed by atoms with E-state index in [4.69, 9.17) is 0 Å². The second kappa shape index (κ2) is 7.44. The first-order valence-corrected chi connectivity index (χ1v) is 8.88. The molecule has 1 amide bonds. The lowest BCUT2D eigenvalue weighted by Gasteiger charge is -2.35. The van der Waals surface area contributed by atoms with Gasteiger partial charge < -0.3 is 9.80 Å².